The average Bonchev–Trinajstić information content (AvgIpc) is 2.89. The van der Waals surface area contributed by atoms with Gasteiger partial charge in [-0.2, -0.15) is 0 Å². The highest BCUT2D eigenvalue weighted by Gasteiger charge is 2.17. The van der Waals surface area contributed by atoms with E-state index in [1.54, 1.807) is 12.1 Å². The number of benzene rings is 1. The SMILES string of the molecule is Cl.NNc1ccc(C(=O)NCCCCCCCCNc2c3c(nc4ccccc24)CCCC3)cn1. The van der Waals surface area contributed by atoms with Gasteiger partial charge < -0.3 is 16.1 Å². The van der Waals surface area contributed by atoms with Crippen molar-refractivity contribution in [2.45, 2.75) is 64.2 Å². The lowest BCUT2D eigenvalue weighted by atomic mass is 9.92. The van der Waals surface area contributed by atoms with E-state index in [2.05, 4.69) is 45.3 Å². The Morgan fingerprint density at radius 1 is 0.914 bits per heavy atom. The molecule has 0 saturated heterocycles. The summed E-state index contributed by atoms with van der Waals surface area (Å²) in [4.78, 5) is 21.1. The van der Waals surface area contributed by atoms with E-state index in [1.165, 1.54) is 67.1 Å². The molecule has 35 heavy (non-hydrogen) atoms. The first-order chi connectivity index (χ1) is 16.8. The van der Waals surface area contributed by atoms with Crippen molar-refractivity contribution in [1.29, 1.82) is 0 Å². The zero-order valence-corrected chi connectivity index (χ0v) is 21.1. The summed E-state index contributed by atoms with van der Waals surface area (Å²) in [5, 5.41) is 7.98. The van der Waals surface area contributed by atoms with Crippen molar-refractivity contribution in [2.75, 3.05) is 23.8 Å². The Balaban J connectivity index is 0.00000342. The molecule has 4 rings (SSSR count). The fraction of sp³-hybridized carbons (Fsp3) is 0.444. The molecule has 188 valence electrons. The molecule has 0 aliphatic heterocycles. The van der Waals surface area contributed by atoms with E-state index in [1.807, 2.05) is 0 Å². The number of hydrogen-bond acceptors (Lipinski definition) is 6. The van der Waals surface area contributed by atoms with E-state index in [9.17, 15) is 4.79 Å². The Morgan fingerprint density at radius 2 is 1.66 bits per heavy atom. The number of halogens is 1. The number of hydrogen-bond donors (Lipinski definition) is 4. The average molecular weight is 497 g/mol. The molecular formula is C27H37ClN6O. The third-order valence-corrected chi connectivity index (χ3v) is 6.53. The third kappa shape index (κ3) is 7.29. The molecular weight excluding hydrogens is 460 g/mol. The number of nitrogens with zero attached hydrogens (tertiary/aromatic N) is 2. The molecule has 3 aromatic rings. The van der Waals surface area contributed by atoms with Crippen LogP contribution in [0.4, 0.5) is 11.5 Å². The van der Waals surface area contributed by atoms with Crippen molar-refractivity contribution in [3.8, 4) is 0 Å². The fourth-order valence-corrected chi connectivity index (χ4v) is 4.66. The van der Waals surface area contributed by atoms with E-state index >= 15 is 0 Å². The van der Waals surface area contributed by atoms with Crippen LogP contribution in [0.3, 0.4) is 0 Å². The van der Waals surface area contributed by atoms with Gasteiger partial charge in [0.25, 0.3) is 5.91 Å². The molecule has 8 heteroatoms. The maximum absolute atomic E-state index is 12.1. The second-order valence-electron chi connectivity index (χ2n) is 9.02. The van der Waals surface area contributed by atoms with Gasteiger partial charge in [-0.25, -0.2) is 10.8 Å². The van der Waals surface area contributed by atoms with E-state index in [-0.39, 0.29) is 18.3 Å². The summed E-state index contributed by atoms with van der Waals surface area (Å²) in [5.74, 6) is 5.75. The number of nitrogens with two attached hydrogens (primary N) is 1. The number of rotatable bonds is 12. The summed E-state index contributed by atoms with van der Waals surface area (Å²) in [6.45, 7) is 1.69. The number of unbranched alkanes of at least 4 members (excludes halogenated alkanes) is 5. The van der Waals surface area contributed by atoms with E-state index in [0.717, 1.165) is 37.7 Å². The molecule has 1 aliphatic carbocycles. The summed E-state index contributed by atoms with van der Waals surface area (Å²) in [5.41, 5.74) is 8.17. The summed E-state index contributed by atoms with van der Waals surface area (Å²) in [6, 6.07) is 11.9. The van der Waals surface area contributed by atoms with Gasteiger partial charge in [-0.15, -0.1) is 12.4 Å². The van der Waals surface area contributed by atoms with Crippen LogP contribution in [0.25, 0.3) is 10.9 Å². The van der Waals surface area contributed by atoms with Crippen molar-refractivity contribution in [3.63, 3.8) is 0 Å². The number of nitrogen functional groups attached to an aromatic ring is 1. The normalized spacial score (nSPS) is 12.5. The first kappa shape index (κ1) is 26.7. The van der Waals surface area contributed by atoms with Gasteiger partial charge in [0.1, 0.15) is 5.82 Å². The number of pyridine rings is 2. The predicted molar refractivity (Wildman–Crippen MR) is 146 cm³/mol. The quantitative estimate of drug-likeness (QED) is 0.152. The first-order valence-electron chi connectivity index (χ1n) is 12.6. The van der Waals surface area contributed by atoms with E-state index in [4.69, 9.17) is 10.8 Å². The predicted octanol–water partition coefficient (Wildman–Crippen LogP) is 5.40. The highest BCUT2D eigenvalue weighted by molar-refractivity contribution is 5.94. The Morgan fingerprint density at radius 3 is 2.43 bits per heavy atom. The zero-order chi connectivity index (χ0) is 23.6. The molecule has 0 bridgehead atoms. The van der Waals surface area contributed by atoms with Gasteiger partial charge in [-0.3, -0.25) is 9.78 Å². The summed E-state index contributed by atoms with van der Waals surface area (Å²) >= 11 is 0. The van der Waals surface area contributed by atoms with Crippen LogP contribution in [0.2, 0.25) is 0 Å². The lowest BCUT2D eigenvalue weighted by molar-refractivity contribution is 0.0952. The highest BCUT2D eigenvalue weighted by Crippen LogP contribution is 2.33. The minimum Gasteiger partial charge on any atom is -0.384 e. The van der Waals surface area contributed by atoms with E-state index in [0.29, 0.717) is 17.9 Å². The Hall–Kier alpha value is -2.90. The van der Waals surface area contributed by atoms with Crippen LogP contribution < -0.4 is 21.9 Å². The molecule has 2 heterocycles. The third-order valence-electron chi connectivity index (χ3n) is 6.53. The van der Waals surface area contributed by atoms with Crippen LogP contribution in [0.5, 0.6) is 0 Å². The number of carbonyl (C=O) groups is 1. The lowest BCUT2D eigenvalue weighted by Crippen LogP contribution is -2.24. The topological polar surface area (TPSA) is 105 Å². The molecule has 0 atom stereocenters. The summed E-state index contributed by atoms with van der Waals surface area (Å²) in [6.07, 6.45) is 13.2. The molecule has 1 amide bonds. The zero-order valence-electron chi connectivity index (χ0n) is 20.3. The van der Waals surface area contributed by atoms with Crippen molar-refractivity contribution in [1.82, 2.24) is 15.3 Å². The number of carbonyl (C=O) groups excluding carboxylic acids is 1. The number of fused-ring (bicyclic) bond motifs is 2. The highest BCUT2D eigenvalue weighted by atomic mass is 35.5. The molecule has 1 aromatic carbocycles. The van der Waals surface area contributed by atoms with Crippen molar-refractivity contribution in [2.24, 2.45) is 5.84 Å². The molecule has 0 saturated carbocycles. The number of para-hydroxylation sites is 1. The van der Waals surface area contributed by atoms with Gasteiger partial charge in [-0.05, 0) is 62.3 Å². The fourth-order valence-electron chi connectivity index (χ4n) is 4.66. The molecule has 0 spiro atoms. The van der Waals surface area contributed by atoms with Crippen molar-refractivity contribution in [3.05, 3.63) is 59.4 Å². The molecule has 0 fully saturated rings. The Bertz CT molecular complexity index is 1090. The maximum Gasteiger partial charge on any atom is 0.252 e. The molecule has 1 aliphatic rings. The first-order valence-corrected chi connectivity index (χ1v) is 12.6. The van der Waals surface area contributed by atoms with Gasteiger partial charge in [0.2, 0.25) is 0 Å². The minimum absolute atomic E-state index is 0. The monoisotopic (exact) mass is 496 g/mol. The molecule has 0 unspecified atom stereocenters. The number of aryl methyl sites for hydroxylation is 1. The maximum atomic E-state index is 12.1. The smallest absolute Gasteiger partial charge is 0.252 e. The number of anilines is 2. The lowest BCUT2D eigenvalue weighted by Gasteiger charge is -2.21. The van der Waals surface area contributed by atoms with Gasteiger partial charge in [0.15, 0.2) is 0 Å². The largest absolute Gasteiger partial charge is 0.384 e. The standard InChI is InChI=1S/C27H36N6O.ClH/c28-33-25-16-15-20(19-31-25)27(34)30-18-10-4-2-1-3-9-17-29-26-21-11-5-7-13-23(21)32-24-14-8-6-12-22(24)26;/h5,7,11,13,15-16,19H,1-4,6,8-10,12,14,17-18,28H2,(H,29,32)(H,30,34)(H,31,33);1H. The van der Waals surface area contributed by atoms with E-state index < -0.39 is 0 Å². The molecule has 5 N–H and O–H groups in total. The van der Waals surface area contributed by atoms with Crippen LogP contribution >= 0.6 is 12.4 Å². The second kappa shape index (κ2) is 13.9. The van der Waals surface area contributed by atoms with Crippen LogP contribution in [0, 0.1) is 0 Å². The van der Waals surface area contributed by atoms with Crippen molar-refractivity contribution < 1.29 is 4.79 Å². The van der Waals surface area contributed by atoms with Gasteiger partial charge in [0, 0.05) is 36.1 Å². The van der Waals surface area contributed by atoms with Gasteiger partial charge in [-0.1, -0.05) is 43.9 Å². The Labute approximate surface area is 214 Å². The molecule has 7 nitrogen and oxygen atoms in total. The molecule has 2 aromatic heterocycles. The van der Waals surface area contributed by atoms with Crippen LogP contribution in [0.15, 0.2) is 42.6 Å². The van der Waals surface area contributed by atoms with Crippen molar-refractivity contribution >= 4 is 40.7 Å². The van der Waals surface area contributed by atoms with Gasteiger partial charge in [0.05, 0.1) is 11.1 Å². The van der Waals surface area contributed by atoms with Crippen LogP contribution in [-0.4, -0.2) is 29.0 Å². The summed E-state index contributed by atoms with van der Waals surface area (Å²) in [7, 11) is 0. The summed E-state index contributed by atoms with van der Waals surface area (Å²) < 4.78 is 0. The van der Waals surface area contributed by atoms with Gasteiger partial charge >= 0.3 is 0 Å². The number of aromatic nitrogens is 2. The van der Waals surface area contributed by atoms with Crippen LogP contribution in [-0.2, 0) is 12.8 Å². The number of hydrazine groups is 1. The second-order valence-corrected chi connectivity index (χ2v) is 9.02. The number of nitrogens with one attached hydrogen (secondary N) is 3. The van der Waals surface area contributed by atoms with Crippen LogP contribution in [0.1, 0.15) is 73.0 Å². The Kier molecular flexibility index (Phi) is 10.6. The number of amides is 1. The molecule has 0 radical (unpaired) electrons. The minimum atomic E-state index is -0.0898.